The molecule has 0 spiro atoms. The van der Waals surface area contributed by atoms with E-state index in [1.807, 2.05) is 0 Å². The molecule has 0 aliphatic carbocycles. The smallest absolute Gasteiger partial charge is 0.241 e. The van der Waals surface area contributed by atoms with E-state index in [2.05, 4.69) is 15.4 Å². The predicted molar refractivity (Wildman–Crippen MR) is 49.6 cm³/mol. The van der Waals surface area contributed by atoms with E-state index in [0.29, 0.717) is 11.6 Å². The number of aliphatic hydroxyl groups excluding tert-OH is 1. The van der Waals surface area contributed by atoms with Crippen molar-refractivity contribution in [2.45, 2.75) is 20.4 Å². The first kappa shape index (κ1) is 10.6. The number of hydrogen-bond donors (Lipinski definition) is 2. The molecule has 0 aromatic carbocycles. The lowest BCUT2D eigenvalue weighted by atomic mass is 10.5. The molecule has 0 fully saturated rings. The SMILES string of the molecule is Cc1nc(C)n(CC(=O)NCCO)n1. The van der Waals surface area contributed by atoms with Gasteiger partial charge in [0, 0.05) is 6.54 Å². The number of nitrogens with zero attached hydrogens (tertiary/aromatic N) is 3. The Bertz CT molecular complexity index is 321. The fraction of sp³-hybridized carbons (Fsp3) is 0.625. The molecule has 1 aromatic rings. The number of carbonyl (C=O) groups is 1. The first-order valence-electron chi connectivity index (χ1n) is 4.39. The molecule has 1 heterocycles. The van der Waals surface area contributed by atoms with E-state index in [9.17, 15) is 4.79 Å². The Hall–Kier alpha value is -1.43. The van der Waals surface area contributed by atoms with Crippen molar-refractivity contribution in [3.8, 4) is 0 Å². The summed E-state index contributed by atoms with van der Waals surface area (Å²) in [5.41, 5.74) is 0. The van der Waals surface area contributed by atoms with Gasteiger partial charge in [-0.25, -0.2) is 9.67 Å². The lowest BCUT2D eigenvalue weighted by Gasteiger charge is -2.03. The highest BCUT2D eigenvalue weighted by atomic mass is 16.3. The highest BCUT2D eigenvalue weighted by Crippen LogP contribution is 1.94. The average Bonchev–Trinajstić information content (AvgIpc) is 2.42. The van der Waals surface area contributed by atoms with Gasteiger partial charge in [-0.1, -0.05) is 0 Å². The molecule has 6 heteroatoms. The summed E-state index contributed by atoms with van der Waals surface area (Å²) >= 11 is 0. The van der Waals surface area contributed by atoms with Crippen molar-refractivity contribution < 1.29 is 9.90 Å². The zero-order valence-corrected chi connectivity index (χ0v) is 8.32. The minimum Gasteiger partial charge on any atom is -0.395 e. The Morgan fingerprint density at radius 2 is 2.29 bits per heavy atom. The summed E-state index contributed by atoms with van der Waals surface area (Å²) in [7, 11) is 0. The van der Waals surface area contributed by atoms with E-state index in [4.69, 9.17) is 5.11 Å². The summed E-state index contributed by atoms with van der Waals surface area (Å²) in [5.74, 6) is 1.19. The van der Waals surface area contributed by atoms with Crippen molar-refractivity contribution in [2.75, 3.05) is 13.2 Å². The van der Waals surface area contributed by atoms with Crippen LogP contribution in [0.3, 0.4) is 0 Å². The monoisotopic (exact) mass is 198 g/mol. The third kappa shape index (κ3) is 2.81. The molecule has 0 atom stereocenters. The summed E-state index contributed by atoms with van der Waals surface area (Å²) in [5, 5.41) is 15.1. The zero-order valence-electron chi connectivity index (χ0n) is 8.32. The van der Waals surface area contributed by atoms with Crippen LogP contribution in [-0.4, -0.2) is 38.9 Å². The molecule has 14 heavy (non-hydrogen) atoms. The number of carbonyl (C=O) groups excluding carboxylic acids is 1. The standard InChI is InChI=1S/C8H14N4O2/c1-6-10-7(2)12(11-6)5-8(14)9-3-4-13/h13H,3-5H2,1-2H3,(H,9,14). The lowest BCUT2D eigenvalue weighted by molar-refractivity contribution is -0.122. The summed E-state index contributed by atoms with van der Waals surface area (Å²) in [6.45, 7) is 3.92. The molecule has 0 bridgehead atoms. The average molecular weight is 198 g/mol. The van der Waals surface area contributed by atoms with Crippen LogP contribution in [0.2, 0.25) is 0 Å². The van der Waals surface area contributed by atoms with Crippen molar-refractivity contribution in [2.24, 2.45) is 0 Å². The van der Waals surface area contributed by atoms with Gasteiger partial charge >= 0.3 is 0 Å². The third-order valence-electron chi connectivity index (χ3n) is 1.69. The second kappa shape index (κ2) is 4.71. The van der Waals surface area contributed by atoms with Gasteiger partial charge in [0.25, 0.3) is 0 Å². The molecular formula is C8H14N4O2. The van der Waals surface area contributed by atoms with Crippen molar-refractivity contribution in [1.82, 2.24) is 20.1 Å². The minimum absolute atomic E-state index is 0.0545. The quantitative estimate of drug-likeness (QED) is 0.650. The molecule has 0 unspecified atom stereocenters. The van der Waals surface area contributed by atoms with E-state index in [-0.39, 0.29) is 25.6 Å². The normalized spacial score (nSPS) is 10.2. The van der Waals surface area contributed by atoms with Gasteiger partial charge in [0.05, 0.1) is 6.61 Å². The van der Waals surface area contributed by atoms with Crippen LogP contribution in [0.1, 0.15) is 11.6 Å². The van der Waals surface area contributed by atoms with Crippen LogP contribution in [0.25, 0.3) is 0 Å². The fourth-order valence-corrected chi connectivity index (χ4v) is 1.10. The van der Waals surface area contributed by atoms with Crippen molar-refractivity contribution in [3.05, 3.63) is 11.6 Å². The van der Waals surface area contributed by atoms with Crippen molar-refractivity contribution in [1.29, 1.82) is 0 Å². The molecule has 1 aromatic heterocycles. The van der Waals surface area contributed by atoms with Crippen LogP contribution in [0, 0.1) is 13.8 Å². The number of aromatic nitrogens is 3. The first-order chi connectivity index (χ1) is 6.63. The number of aliphatic hydroxyl groups is 1. The molecule has 2 N–H and O–H groups in total. The fourth-order valence-electron chi connectivity index (χ4n) is 1.10. The predicted octanol–water partition coefficient (Wildman–Crippen LogP) is -0.997. The maximum absolute atomic E-state index is 11.2. The molecule has 0 saturated heterocycles. The molecule has 1 amide bonds. The van der Waals surface area contributed by atoms with Crippen molar-refractivity contribution >= 4 is 5.91 Å². The first-order valence-corrected chi connectivity index (χ1v) is 4.39. The molecular weight excluding hydrogens is 184 g/mol. The van der Waals surface area contributed by atoms with Crippen LogP contribution in [0.5, 0.6) is 0 Å². The van der Waals surface area contributed by atoms with E-state index in [0.717, 1.165) is 0 Å². The number of rotatable bonds is 4. The second-order valence-corrected chi connectivity index (χ2v) is 2.94. The van der Waals surface area contributed by atoms with E-state index < -0.39 is 0 Å². The van der Waals surface area contributed by atoms with Crippen molar-refractivity contribution in [3.63, 3.8) is 0 Å². The summed E-state index contributed by atoms with van der Waals surface area (Å²) in [6, 6.07) is 0. The Labute approximate surface area is 82.0 Å². The topological polar surface area (TPSA) is 80.0 Å². The number of hydrogen-bond acceptors (Lipinski definition) is 4. The summed E-state index contributed by atoms with van der Waals surface area (Å²) in [6.07, 6.45) is 0. The Morgan fingerprint density at radius 1 is 1.57 bits per heavy atom. The number of aryl methyl sites for hydroxylation is 2. The largest absolute Gasteiger partial charge is 0.395 e. The zero-order chi connectivity index (χ0) is 10.6. The van der Waals surface area contributed by atoms with Crippen LogP contribution >= 0.6 is 0 Å². The van der Waals surface area contributed by atoms with Crippen LogP contribution in [0.4, 0.5) is 0 Å². The summed E-state index contributed by atoms with van der Waals surface area (Å²) in [4.78, 5) is 15.3. The van der Waals surface area contributed by atoms with E-state index in [1.165, 1.54) is 4.68 Å². The van der Waals surface area contributed by atoms with Crippen LogP contribution in [0.15, 0.2) is 0 Å². The van der Waals surface area contributed by atoms with Gasteiger partial charge in [-0.3, -0.25) is 4.79 Å². The number of nitrogens with one attached hydrogen (secondary N) is 1. The van der Waals surface area contributed by atoms with E-state index in [1.54, 1.807) is 13.8 Å². The van der Waals surface area contributed by atoms with Gasteiger partial charge < -0.3 is 10.4 Å². The third-order valence-corrected chi connectivity index (χ3v) is 1.69. The Kier molecular flexibility index (Phi) is 3.58. The van der Waals surface area contributed by atoms with Gasteiger partial charge in [0.1, 0.15) is 18.2 Å². The molecule has 0 saturated carbocycles. The highest BCUT2D eigenvalue weighted by Gasteiger charge is 2.06. The van der Waals surface area contributed by atoms with Crippen LogP contribution < -0.4 is 5.32 Å². The minimum atomic E-state index is -0.174. The molecule has 6 nitrogen and oxygen atoms in total. The summed E-state index contributed by atoms with van der Waals surface area (Å²) < 4.78 is 1.53. The molecule has 0 aliphatic heterocycles. The molecule has 78 valence electrons. The van der Waals surface area contributed by atoms with Gasteiger partial charge in [-0.05, 0) is 13.8 Å². The van der Waals surface area contributed by atoms with Gasteiger partial charge in [-0.15, -0.1) is 0 Å². The Morgan fingerprint density at radius 3 is 2.79 bits per heavy atom. The lowest BCUT2D eigenvalue weighted by Crippen LogP contribution is -2.30. The van der Waals surface area contributed by atoms with Crippen LogP contribution in [-0.2, 0) is 11.3 Å². The van der Waals surface area contributed by atoms with Gasteiger partial charge in [0.15, 0.2) is 0 Å². The van der Waals surface area contributed by atoms with Gasteiger partial charge in [-0.2, -0.15) is 5.10 Å². The second-order valence-electron chi connectivity index (χ2n) is 2.94. The highest BCUT2D eigenvalue weighted by molar-refractivity contribution is 5.75. The maximum atomic E-state index is 11.2. The van der Waals surface area contributed by atoms with Gasteiger partial charge in [0.2, 0.25) is 5.91 Å². The Balaban J connectivity index is 2.51. The van der Waals surface area contributed by atoms with E-state index >= 15 is 0 Å². The molecule has 0 aliphatic rings. The molecule has 1 rings (SSSR count). The maximum Gasteiger partial charge on any atom is 0.241 e. The molecule has 0 radical (unpaired) electrons. The number of amides is 1.